The SMILES string of the molecule is CCCNc1nc(NCCO)nc(NCCC=O)n1. The zero-order valence-corrected chi connectivity index (χ0v) is 11.0. The molecule has 0 amide bonds. The third-order valence-corrected chi connectivity index (χ3v) is 2.11. The van der Waals surface area contributed by atoms with E-state index in [9.17, 15) is 4.79 Å². The number of aromatic nitrogens is 3. The highest BCUT2D eigenvalue weighted by molar-refractivity contribution is 5.50. The van der Waals surface area contributed by atoms with Crippen molar-refractivity contribution in [2.45, 2.75) is 19.8 Å². The van der Waals surface area contributed by atoms with Crippen molar-refractivity contribution in [3.63, 3.8) is 0 Å². The third kappa shape index (κ3) is 5.96. The minimum Gasteiger partial charge on any atom is -0.395 e. The summed E-state index contributed by atoms with van der Waals surface area (Å²) in [5.41, 5.74) is 0. The molecule has 1 heterocycles. The van der Waals surface area contributed by atoms with Gasteiger partial charge in [0, 0.05) is 26.1 Å². The molecule has 0 saturated carbocycles. The van der Waals surface area contributed by atoms with E-state index in [1.807, 2.05) is 6.92 Å². The molecule has 0 saturated heterocycles. The zero-order chi connectivity index (χ0) is 13.9. The van der Waals surface area contributed by atoms with E-state index in [1.54, 1.807) is 0 Å². The number of aliphatic hydroxyl groups excluding tert-OH is 1. The van der Waals surface area contributed by atoms with Gasteiger partial charge in [-0.2, -0.15) is 15.0 Å². The van der Waals surface area contributed by atoms with Crippen molar-refractivity contribution in [2.75, 3.05) is 42.2 Å². The average molecular weight is 268 g/mol. The van der Waals surface area contributed by atoms with Gasteiger partial charge in [-0.05, 0) is 6.42 Å². The summed E-state index contributed by atoms with van der Waals surface area (Å²) in [7, 11) is 0. The van der Waals surface area contributed by atoms with E-state index >= 15 is 0 Å². The summed E-state index contributed by atoms with van der Waals surface area (Å²) >= 11 is 0. The van der Waals surface area contributed by atoms with E-state index in [0.717, 1.165) is 19.3 Å². The quantitative estimate of drug-likeness (QED) is 0.349. The second-order valence-electron chi connectivity index (χ2n) is 3.77. The van der Waals surface area contributed by atoms with Crippen LogP contribution in [0.4, 0.5) is 17.8 Å². The molecule has 0 spiro atoms. The highest BCUT2D eigenvalue weighted by atomic mass is 16.3. The summed E-state index contributed by atoms with van der Waals surface area (Å²) < 4.78 is 0. The van der Waals surface area contributed by atoms with Crippen molar-refractivity contribution in [2.24, 2.45) is 0 Å². The number of nitrogens with one attached hydrogen (secondary N) is 3. The van der Waals surface area contributed by atoms with Gasteiger partial charge in [-0.1, -0.05) is 6.92 Å². The van der Waals surface area contributed by atoms with Crippen LogP contribution >= 0.6 is 0 Å². The van der Waals surface area contributed by atoms with Crippen LogP contribution in [0.5, 0.6) is 0 Å². The second-order valence-corrected chi connectivity index (χ2v) is 3.77. The van der Waals surface area contributed by atoms with Gasteiger partial charge < -0.3 is 25.9 Å². The Bertz CT molecular complexity index is 361. The van der Waals surface area contributed by atoms with Gasteiger partial charge in [0.15, 0.2) is 0 Å². The highest BCUT2D eigenvalue weighted by Crippen LogP contribution is 2.09. The summed E-state index contributed by atoms with van der Waals surface area (Å²) in [6.07, 6.45) is 2.18. The minimum absolute atomic E-state index is 0.00267. The summed E-state index contributed by atoms with van der Waals surface area (Å²) in [5.74, 6) is 1.25. The largest absolute Gasteiger partial charge is 0.395 e. The molecule has 1 rings (SSSR count). The van der Waals surface area contributed by atoms with Crippen LogP contribution in [0.25, 0.3) is 0 Å². The third-order valence-electron chi connectivity index (χ3n) is 2.11. The normalized spacial score (nSPS) is 10.0. The Hall–Kier alpha value is -1.96. The predicted molar refractivity (Wildman–Crippen MR) is 73.4 cm³/mol. The van der Waals surface area contributed by atoms with Gasteiger partial charge in [-0.25, -0.2) is 0 Å². The summed E-state index contributed by atoms with van der Waals surface area (Å²) in [6.45, 7) is 3.64. The van der Waals surface area contributed by atoms with Gasteiger partial charge in [0.2, 0.25) is 17.8 Å². The number of aldehydes is 1. The number of carbonyl (C=O) groups is 1. The molecule has 0 aliphatic carbocycles. The molecule has 106 valence electrons. The lowest BCUT2D eigenvalue weighted by Crippen LogP contribution is -2.15. The molecule has 0 aromatic carbocycles. The molecular weight excluding hydrogens is 248 g/mol. The van der Waals surface area contributed by atoms with Crippen LogP contribution in [0.2, 0.25) is 0 Å². The van der Waals surface area contributed by atoms with E-state index in [2.05, 4.69) is 30.9 Å². The smallest absolute Gasteiger partial charge is 0.229 e. The number of hydrogen-bond acceptors (Lipinski definition) is 8. The molecule has 1 aromatic heterocycles. The van der Waals surface area contributed by atoms with Crippen molar-refractivity contribution in [1.29, 1.82) is 0 Å². The molecule has 0 bridgehead atoms. The van der Waals surface area contributed by atoms with Gasteiger partial charge in [0.05, 0.1) is 6.61 Å². The van der Waals surface area contributed by atoms with Crippen LogP contribution in [0.15, 0.2) is 0 Å². The maximum absolute atomic E-state index is 10.3. The van der Waals surface area contributed by atoms with Gasteiger partial charge >= 0.3 is 0 Å². The highest BCUT2D eigenvalue weighted by Gasteiger charge is 2.05. The Kier molecular flexibility index (Phi) is 7.18. The molecule has 19 heavy (non-hydrogen) atoms. The van der Waals surface area contributed by atoms with Crippen molar-refractivity contribution in [3.05, 3.63) is 0 Å². The first-order valence-corrected chi connectivity index (χ1v) is 6.32. The van der Waals surface area contributed by atoms with Crippen LogP contribution in [0.3, 0.4) is 0 Å². The molecular formula is C11H20N6O2. The zero-order valence-electron chi connectivity index (χ0n) is 11.0. The van der Waals surface area contributed by atoms with Crippen molar-refractivity contribution in [1.82, 2.24) is 15.0 Å². The summed E-state index contributed by atoms with van der Waals surface area (Å²) in [4.78, 5) is 22.8. The standard InChI is InChI=1S/C11H20N6O2/c1-2-4-12-9-15-10(13-5-3-7-18)17-11(16-9)14-6-8-19/h7,19H,2-6,8H2,1H3,(H3,12,13,14,15,16,17). The van der Waals surface area contributed by atoms with E-state index in [0.29, 0.717) is 37.4 Å². The maximum Gasteiger partial charge on any atom is 0.229 e. The average Bonchev–Trinajstić information content (AvgIpc) is 2.43. The first-order valence-electron chi connectivity index (χ1n) is 6.32. The van der Waals surface area contributed by atoms with E-state index in [1.165, 1.54) is 0 Å². The van der Waals surface area contributed by atoms with Gasteiger partial charge in [0.1, 0.15) is 6.29 Å². The number of aliphatic hydroxyl groups is 1. The molecule has 0 atom stereocenters. The van der Waals surface area contributed by atoms with Crippen LogP contribution in [0.1, 0.15) is 19.8 Å². The molecule has 0 aliphatic heterocycles. The molecule has 8 nitrogen and oxygen atoms in total. The number of rotatable bonds is 10. The van der Waals surface area contributed by atoms with Crippen LogP contribution < -0.4 is 16.0 Å². The Labute approximate surface area is 112 Å². The fourth-order valence-corrected chi connectivity index (χ4v) is 1.26. The fourth-order valence-electron chi connectivity index (χ4n) is 1.26. The topological polar surface area (TPSA) is 112 Å². The monoisotopic (exact) mass is 268 g/mol. The molecule has 4 N–H and O–H groups in total. The first kappa shape index (κ1) is 15.1. The minimum atomic E-state index is -0.00267. The Morgan fingerprint density at radius 3 is 2.00 bits per heavy atom. The predicted octanol–water partition coefficient (Wildman–Crippen LogP) is 0.0986. The summed E-state index contributed by atoms with van der Waals surface area (Å²) in [5, 5.41) is 17.7. The van der Waals surface area contributed by atoms with Crippen molar-refractivity contribution >= 4 is 24.1 Å². The van der Waals surface area contributed by atoms with E-state index in [4.69, 9.17) is 5.11 Å². The van der Waals surface area contributed by atoms with Crippen molar-refractivity contribution in [3.8, 4) is 0 Å². The number of hydrogen-bond donors (Lipinski definition) is 4. The second kappa shape index (κ2) is 9.03. The van der Waals surface area contributed by atoms with Crippen LogP contribution in [-0.4, -0.2) is 52.6 Å². The lowest BCUT2D eigenvalue weighted by Gasteiger charge is -2.09. The molecule has 0 radical (unpaired) electrons. The van der Waals surface area contributed by atoms with Gasteiger partial charge in [-0.15, -0.1) is 0 Å². The number of carbonyl (C=O) groups excluding carboxylic acids is 1. The lowest BCUT2D eigenvalue weighted by atomic mass is 10.5. The maximum atomic E-state index is 10.3. The van der Waals surface area contributed by atoms with Crippen LogP contribution in [0, 0.1) is 0 Å². The first-order chi connectivity index (χ1) is 9.30. The van der Waals surface area contributed by atoms with Gasteiger partial charge in [0.25, 0.3) is 0 Å². The molecule has 0 aliphatic rings. The summed E-state index contributed by atoms with van der Waals surface area (Å²) in [6, 6.07) is 0. The molecule has 1 aromatic rings. The Balaban J connectivity index is 2.72. The van der Waals surface area contributed by atoms with Gasteiger partial charge in [-0.3, -0.25) is 0 Å². The molecule has 8 heteroatoms. The molecule has 0 fully saturated rings. The fraction of sp³-hybridized carbons (Fsp3) is 0.636. The lowest BCUT2D eigenvalue weighted by molar-refractivity contribution is -0.107. The Morgan fingerprint density at radius 1 is 1.00 bits per heavy atom. The van der Waals surface area contributed by atoms with E-state index < -0.39 is 0 Å². The molecule has 0 unspecified atom stereocenters. The van der Waals surface area contributed by atoms with Crippen molar-refractivity contribution < 1.29 is 9.90 Å². The number of nitrogens with zero attached hydrogens (tertiary/aromatic N) is 3. The van der Waals surface area contributed by atoms with E-state index in [-0.39, 0.29) is 6.61 Å². The van der Waals surface area contributed by atoms with Crippen LogP contribution in [-0.2, 0) is 4.79 Å². The number of anilines is 3. The Morgan fingerprint density at radius 2 is 1.53 bits per heavy atom.